The number of ketones is 3. The Morgan fingerprint density at radius 1 is 1.06 bits per heavy atom. The van der Waals surface area contributed by atoms with Gasteiger partial charge in [0, 0.05) is 17.3 Å². The fourth-order valence-electron chi connectivity index (χ4n) is 4.64. The van der Waals surface area contributed by atoms with Crippen molar-refractivity contribution in [1.82, 2.24) is 5.32 Å². The Morgan fingerprint density at radius 3 is 2.22 bits per heavy atom. The summed E-state index contributed by atoms with van der Waals surface area (Å²) < 4.78 is 5.73. The first-order valence-corrected chi connectivity index (χ1v) is 10.9. The van der Waals surface area contributed by atoms with E-state index in [-0.39, 0.29) is 45.2 Å². The van der Waals surface area contributed by atoms with E-state index in [0.29, 0.717) is 5.56 Å². The molecule has 2 aromatic rings. The summed E-state index contributed by atoms with van der Waals surface area (Å²) in [6, 6.07) is 4.54. The maximum absolute atomic E-state index is 13.9. The van der Waals surface area contributed by atoms with Crippen LogP contribution in [0.25, 0.3) is 0 Å². The molecule has 186 valence electrons. The molecule has 1 amide bonds. The lowest BCUT2D eigenvalue weighted by Gasteiger charge is -2.29. The number of phenolic OH excluding ortho intramolecular Hbond substituents is 3. The third kappa shape index (κ3) is 3.41. The van der Waals surface area contributed by atoms with Crippen molar-refractivity contribution in [1.29, 1.82) is 0 Å². The van der Waals surface area contributed by atoms with Gasteiger partial charge in [0.2, 0.25) is 5.91 Å². The van der Waals surface area contributed by atoms with E-state index in [1.54, 1.807) is 0 Å². The number of phenols is 3. The van der Waals surface area contributed by atoms with Crippen LogP contribution in [0, 0.1) is 6.92 Å². The van der Waals surface area contributed by atoms with Gasteiger partial charge in [-0.05, 0) is 45.4 Å². The first-order valence-electron chi connectivity index (χ1n) is 10.9. The number of carbonyl (C=O) groups is 4. The van der Waals surface area contributed by atoms with Crippen molar-refractivity contribution in [2.45, 2.75) is 39.2 Å². The molecule has 1 aliphatic carbocycles. The average molecular weight is 492 g/mol. The van der Waals surface area contributed by atoms with E-state index < -0.39 is 46.2 Å². The zero-order chi connectivity index (χ0) is 26.7. The van der Waals surface area contributed by atoms with Crippen molar-refractivity contribution in [3.05, 3.63) is 69.6 Å². The first kappa shape index (κ1) is 24.5. The zero-order valence-electron chi connectivity index (χ0n) is 19.9. The molecule has 0 fully saturated rings. The van der Waals surface area contributed by atoms with E-state index in [9.17, 15) is 34.5 Å². The number of hydrogen-bond donors (Lipinski definition) is 5. The number of Topliss-reactive ketones (excluding diaryl/α,β-unsaturated/α-hetero) is 2. The molecule has 0 saturated carbocycles. The van der Waals surface area contributed by atoms with Crippen molar-refractivity contribution in [3.8, 4) is 23.0 Å². The van der Waals surface area contributed by atoms with Crippen molar-refractivity contribution in [2.75, 3.05) is 0 Å². The normalized spacial score (nSPS) is 20.6. The standard InChI is InChI=1S/C26H24N2O8/c1-10-21(32)18(12(3)29)23-19(22(10)33)26(4)16(36-23)9-15(31)17(24(26)34)11(2)28-20(25(27)35)13-5-7-14(30)8-6-13/h5-9,20,28,30,32-33H,1-4H3,(H2,27,35). The van der Waals surface area contributed by atoms with E-state index in [2.05, 4.69) is 5.32 Å². The second kappa shape index (κ2) is 8.26. The number of nitrogens with two attached hydrogens (primary N) is 1. The van der Waals surface area contributed by atoms with Crippen LogP contribution in [0.2, 0.25) is 0 Å². The van der Waals surface area contributed by atoms with E-state index in [1.165, 1.54) is 52.0 Å². The number of allylic oxidation sites excluding steroid dienone is 4. The van der Waals surface area contributed by atoms with Crippen LogP contribution >= 0.6 is 0 Å². The molecule has 0 saturated heterocycles. The molecule has 2 atom stereocenters. The van der Waals surface area contributed by atoms with E-state index in [1.807, 2.05) is 0 Å². The summed E-state index contributed by atoms with van der Waals surface area (Å²) in [7, 11) is 0. The molecule has 10 heteroatoms. The number of benzene rings is 2. The van der Waals surface area contributed by atoms with Crippen molar-refractivity contribution < 1.29 is 39.2 Å². The van der Waals surface area contributed by atoms with Gasteiger partial charge in [0.05, 0.1) is 11.1 Å². The number of nitrogens with one attached hydrogen (secondary N) is 1. The largest absolute Gasteiger partial charge is 0.508 e. The molecule has 36 heavy (non-hydrogen) atoms. The predicted octanol–water partition coefficient (Wildman–Crippen LogP) is 2.09. The minimum Gasteiger partial charge on any atom is -0.508 e. The second-order valence-electron chi connectivity index (χ2n) is 8.96. The van der Waals surface area contributed by atoms with Crippen LogP contribution in [0.5, 0.6) is 23.0 Å². The summed E-state index contributed by atoms with van der Waals surface area (Å²) >= 11 is 0. The first-order chi connectivity index (χ1) is 16.8. The Morgan fingerprint density at radius 2 is 1.67 bits per heavy atom. The van der Waals surface area contributed by atoms with Crippen molar-refractivity contribution in [2.24, 2.45) is 5.73 Å². The topological polar surface area (TPSA) is 176 Å². The van der Waals surface area contributed by atoms with E-state index >= 15 is 0 Å². The Labute approximate surface area is 205 Å². The molecule has 0 bridgehead atoms. The molecule has 6 N–H and O–H groups in total. The fraction of sp³-hybridized carbons (Fsp3) is 0.231. The van der Waals surface area contributed by atoms with Gasteiger partial charge in [0.1, 0.15) is 45.8 Å². The average Bonchev–Trinajstić information content (AvgIpc) is 3.09. The molecule has 10 nitrogen and oxygen atoms in total. The third-order valence-electron chi connectivity index (χ3n) is 6.63. The number of primary amides is 1. The molecule has 1 aliphatic heterocycles. The fourth-order valence-corrected chi connectivity index (χ4v) is 4.64. The summed E-state index contributed by atoms with van der Waals surface area (Å²) in [6.07, 6.45) is 1.08. The molecule has 0 aromatic heterocycles. The highest BCUT2D eigenvalue weighted by molar-refractivity contribution is 6.31. The Hall–Kier alpha value is -4.60. The zero-order valence-corrected chi connectivity index (χ0v) is 19.9. The number of rotatable bonds is 5. The molecular formula is C26H24N2O8. The van der Waals surface area contributed by atoms with Gasteiger partial charge in [-0.15, -0.1) is 0 Å². The van der Waals surface area contributed by atoms with Crippen LogP contribution in [0.4, 0.5) is 0 Å². The Bertz CT molecular complexity index is 1440. The summed E-state index contributed by atoms with van der Waals surface area (Å²) in [6.45, 7) is 5.47. The lowest BCUT2D eigenvalue weighted by molar-refractivity contribution is -0.124. The summed E-state index contributed by atoms with van der Waals surface area (Å²) in [5, 5.41) is 33.7. The predicted molar refractivity (Wildman–Crippen MR) is 126 cm³/mol. The highest BCUT2D eigenvalue weighted by atomic mass is 16.5. The number of hydrogen-bond acceptors (Lipinski definition) is 9. The SMILES string of the molecule is CC(=O)c1c(O)c(C)c(O)c2c1OC1=CC(=O)C(=C(C)NC(C(N)=O)c3ccc(O)cc3)C(=O)C12C. The number of carbonyl (C=O) groups excluding carboxylic acids is 4. The van der Waals surface area contributed by atoms with Crippen LogP contribution in [-0.2, 0) is 19.8 Å². The molecule has 2 aromatic carbocycles. The lowest BCUT2D eigenvalue weighted by atomic mass is 9.70. The molecule has 4 rings (SSSR count). The molecule has 2 unspecified atom stereocenters. The van der Waals surface area contributed by atoms with Gasteiger partial charge < -0.3 is 31.1 Å². The maximum atomic E-state index is 13.9. The minimum absolute atomic E-state index is 0.0174. The number of amides is 1. The third-order valence-corrected chi connectivity index (χ3v) is 6.63. The van der Waals surface area contributed by atoms with Crippen LogP contribution in [-0.4, -0.2) is 38.6 Å². The van der Waals surface area contributed by atoms with Crippen molar-refractivity contribution in [3.63, 3.8) is 0 Å². The second-order valence-corrected chi connectivity index (χ2v) is 8.96. The monoisotopic (exact) mass is 492 g/mol. The van der Waals surface area contributed by atoms with Crippen LogP contribution < -0.4 is 15.8 Å². The van der Waals surface area contributed by atoms with E-state index in [0.717, 1.165) is 6.08 Å². The van der Waals surface area contributed by atoms with Gasteiger partial charge in [-0.3, -0.25) is 19.2 Å². The number of fused-ring (bicyclic) bond motifs is 3. The van der Waals surface area contributed by atoms with E-state index in [4.69, 9.17) is 10.5 Å². The van der Waals surface area contributed by atoms with Crippen molar-refractivity contribution >= 4 is 23.3 Å². The van der Waals surface area contributed by atoms with Crippen LogP contribution in [0.1, 0.15) is 53.9 Å². The van der Waals surface area contributed by atoms with Gasteiger partial charge in [-0.2, -0.15) is 0 Å². The van der Waals surface area contributed by atoms with Gasteiger partial charge in [-0.25, -0.2) is 0 Å². The summed E-state index contributed by atoms with van der Waals surface area (Å²) in [4.78, 5) is 51.4. The molecule has 0 radical (unpaired) electrons. The van der Waals surface area contributed by atoms with Gasteiger partial charge in [-0.1, -0.05) is 12.1 Å². The Balaban J connectivity index is 1.87. The van der Waals surface area contributed by atoms with Gasteiger partial charge >= 0.3 is 0 Å². The maximum Gasteiger partial charge on any atom is 0.244 e. The number of aromatic hydroxyl groups is 3. The molecular weight excluding hydrogens is 468 g/mol. The molecule has 2 aliphatic rings. The highest BCUT2D eigenvalue weighted by Crippen LogP contribution is 2.57. The van der Waals surface area contributed by atoms with Crippen LogP contribution in [0.15, 0.2) is 47.4 Å². The summed E-state index contributed by atoms with van der Waals surface area (Å²) in [5.41, 5.74) is 3.74. The van der Waals surface area contributed by atoms with Gasteiger partial charge in [0.15, 0.2) is 17.3 Å². The Kier molecular flexibility index (Phi) is 5.63. The number of ether oxygens (including phenoxy) is 1. The lowest BCUT2D eigenvalue weighted by Crippen LogP contribution is -2.42. The minimum atomic E-state index is -1.69. The highest BCUT2D eigenvalue weighted by Gasteiger charge is 2.56. The van der Waals surface area contributed by atoms with Gasteiger partial charge in [0.25, 0.3) is 0 Å². The smallest absolute Gasteiger partial charge is 0.244 e. The molecule has 1 heterocycles. The van der Waals surface area contributed by atoms with Crippen LogP contribution in [0.3, 0.4) is 0 Å². The molecule has 0 spiro atoms. The summed E-state index contributed by atoms with van der Waals surface area (Å²) in [5.74, 6) is -4.03. The quantitative estimate of drug-likeness (QED) is 0.238.